The van der Waals surface area contributed by atoms with Gasteiger partial charge in [0.25, 0.3) is 5.91 Å². The van der Waals surface area contributed by atoms with Gasteiger partial charge in [0.05, 0.1) is 0 Å². The van der Waals surface area contributed by atoms with Gasteiger partial charge in [0.15, 0.2) is 13.2 Å². The number of carbonyl (C=O) groups is 3. The van der Waals surface area contributed by atoms with Crippen molar-refractivity contribution in [3.05, 3.63) is 29.3 Å². The summed E-state index contributed by atoms with van der Waals surface area (Å²) in [4.78, 5) is 34.9. The van der Waals surface area contributed by atoms with Gasteiger partial charge in [-0.2, -0.15) is 0 Å². The number of hydrogen-bond acceptors (Lipinski definition) is 5. The molecule has 7 nitrogen and oxygen atoms in total. The number of benzene rings is 1. The van der Waals surface area contributed by atoms with Crippen LogP contribution in [0.15, 0.2) is 18.2 Å². The Balaban J connectivity index is 1.64. The molecule has 25 heavy (non-hydrogen) atoms. The lowest BCUT2D eigenvalue weighted by Crippen LogP contribution is -2.45. The Morgan fingerprint density at radius 2 is 1.68 bits per heavy atom. The molecule has 0 spiro atoms. The Morgan fingerprint density at radius 1 is 1.04 bits per heavy atom. The summed E-state index contributed by atoms with van der Waals surface area (Å²) in [6.45, 7) is 3.04. The first-order valence-electron chi connectivity index (χ1n) is 8.39. The number of rotatable bonds is 6. The van der Waals surface area contributed by atoms with Crippen molar-refractivity contribution in [2.75, 3.05) is 13.2 Å². The minimum absolute atomic E-state index is 0.113. The second kappa shape index (κ2) is 9.05. The highest BCUT2D eigenvalue weighted by molar-refractivity contribution is 5.95. The Bertz CT molecular complexity index is 618. The third kappa shape index (κ3) is 6.82. The first kappa shape index (κ1) is 18.8. The van der Waals surface area contributed by atoms with Crippen LogP contribution in [0.1, 0.15) is 36.8 Å². The lowest BCUT2D eigenvalue weighted by atomic mass is 10.1. The fourth-order valence-electron chi connectivity index (χ4n) is 2.80. The topological polar surface area (TPSA) is 93.7 Å². The van der Waals surface area contributed by atoms with Crippen LogP contribution in [-0.4, -0.2) is 37.2 Å². The number of esters is 1. The van der Waals surface area contributed by atoms with Crippen LogP contribution >= 0.6 is 0 Å². The van der Waals surface area contributed by atoms with E-state index in [1.807, 2.05) is 19.9 Å². The van der Waals surface area contributed by atoms with E-state index >= 15 is 0 Å². The normalized spacial score (nSPS) is 14.0. The standard InChI is InChI=1S/C18H24N2O5/c1-12-7-13(2)9-15(8-12)24-11-17(22)25-10-16(21)20-18(23)19-14-5-3-4-6-14/h7-9,14H,3-6,10-11H2,1-2H3,(H2,19,20,21,23). The Morgan fingerprint density at radius 3 is 2.32 bits per heavy atom. The molecule has 7 heteroatoms. The molecule has 1 saturated carbocycles. The summed E-state index contributed by atoms with van der Waals surface area (Å²) < 4.78 is 10.1. The molecular formula is C18H24N2O5. The minimum atomic E-state index is -0.675. The van der Waals surface area contributed by atoms with Crippen LogP contribution in [0.25, 0.3) is 0 Å². The van der Waals surface area contributed by atoms with E-state index in [4.69, 9.17) is 9.47 Å². The SMILES string of the molecule is Cc1cc(C)cc(OCC(=O)OCC(=O)NC(=O)NC2CCCC2)c1. The highest BCUT2D eigenvalue weighted by Gasteiger charge is 2.18. The number of nitrogens with one attached hydrogen (secondary N) is 2. The van der Waals surface area contributed by atoms with Crippen LogP contribution in [0.2, 0.25) is 0 Å². The molecule has 0 aliphatic heterocycles. The highest BCUT2D eigenvalue weighted by Crippen LogP contribution is 2.17. The summed E-state index contributed by atoms with van der Waals surface area (Å²) in [5.41, 5.74) is 2.05. The van der Waals surface area contributed by atoms with Crippen molar-refractivity contribution < 1.29 is 23.9 Å². The van der Waals surface area contributed by atoms with Gasteiger partial charge in [-0.15, -0.1) is 0 Å². The molecule has 3 amide bonds. The van der Waals surface area contributed by atoms with Crippen LogP contribution in [-0.2, 0) is 14.3 Å². The van der Waals surface area contributed by atoms with E-state index < -0.39 is 24.5 Å². The van der Waals surface area contributed by atoms with E-state index in [9.17, 15) is 14.4 Å². The zero-order valence-corrected chi connectivity index (χ0v) is 14.6. The van der Waals surface area contributed by atoms with Crippen molar-refractivity contribution in [3.63, 3.8) is 0 Å². The third-order valence-corrected chi connectivity index (χ3v) is 3.86. The predicted molar refractivity (Wildman–Crippen MR) is 91.3 cm³/mol. The summed E-state index contributed by atoms with van der Waals surface area (Å²) in [7, 11) is 0. The molecule has 1 aromatic carbocycles. The van der Waals surface area contributed by atoms with Gasteiger partial charge in [-0.3, -0.25) is 10.1 Å². The van der Waals surface area contributed by atoms with Gasteiger partial charge in [-0.25, -0.2) is 9.59 Å². The smallest absolute Gasteiger partial charge is 0.344 e. The van der Waals surface area contributed by atoms with Crippen molar-refractivity contribution in [1.29, 1.82) is 0 Å². The molecular weight excluding hydrogens is 324 g/mol. The van der Waals surface area contributed by atoms with Crippen molar-refractivity contribution in [2.24, 2.45) is 0 Å². The van der Waals surface area contributed by atoms with Crippen molar-refractivity contribution in [1.82, 2.24) is 10.6 Å². The molecule has 0 aromatic heterocycles. The van der Waals surface area contributed by atoms with Gasteiger partial charge in [-0.1, -0.05) is 18.9 Å². The van der Waals surface area contributed by atoms with Crippen LogP contribution in [0.4, 0.5) is 4.79 Å². The highest BCUT2D eigenvalue weighted by atomic mass is 16.6. The van der Waals surface area contributed by atoms with Gasteiger partial charge in [0.1, 0.15) is 5.75 Å². The molecule has 0 atom stereocenters. The second-order valence-electron chi connectivity index (χ2n) is 6.28. The van der Waals surface area contributed by atoms with E-state index in [0.717, 1.165) is 36.8 Å². The minimum Gasteiger partial charge on any atom is -0.482 e. The average Bonchev–Trinajstić information content (AvgIpc) is 3.02. The molecule has 1 aliphatic rings. The summed E-state index contributed by atoms with van der Waals surface area (Å²) in [5, 5.41) is 4.86. The quantitative estimate of drug-likeness (QED) is 0.767. The first-order valence-corrected chi connectivity index (χ1v) is 8.39. The maximum absolute atomic E-state index is 11.6. The fraction of sp³-hybridized carbons (Fsp3) is 0.500. The largest absolute Gasteiger partial charge is 0.482 e. The van der Waals surface area contributed by atoms with E-state index in [1.165, 1.54) is 0 Å². The lowest BCUT2D eigenvalue weighted by Gasteiger charge is -2.12. The molecule has 0 unspecified atom stereocenters. The van der Waals surface area contributed by atoms with Gasteiger partial charge >= 0.3 is 12.0 Å². The zero-order chi connectivity index (χ0) is 18.2. The van der Waals surface area contributed by atoms with Crippen LogP contribution < -0.4 is 15.4 Å². The number of ether oxygens (including phenoxy) is 2. The Hall–Kier alpha value is -2.57. The van der Waals surface area contributed by atoms with Crippen molar-refractivity contribution >= 4 is 17.9 Å². The van der Waals surface area contributed by atoms with Gasteiger partial charge < -0.3 is 14.8 Å². The molecule has 1 aromatic rings. The molecule has 0 heterocycles. The number of aryl methyl sites for hydroxylation is 2. The van der Waals surface area contributed by atoms with E-state index in [1.54, 1.807) is 12.1 Å². The number of urea groups is 1. The lowest BCUT2D eigenvalue weighted by molar-refractivity contribution is -0.150. The summed E-state index contributed by atoms with van der Waals surface area (Å²) in [6.07, 6.45) is 4.01. The number of imide groups is 1. The van der Waals surface area contributed by atoms with Gasteiger partial charge in [0.2, 0.25) is 0 Å². The average molecular weight is 348 g/mol. The Kier molecular flexibility index (Phi) is 6.80. The van der Waals surface area contributed by atoms with Gasteiger partial charge in [-0.05, 0) is 49.9 Å². The van der Waals surface area contributed by atoms with E-state index in [2.05, 4.69) is 10.6 Å². The van der Waals surface area contributed by atoms with E-state index in [-0.39, 0.29) is 12.6 Å². The molecule has 0 bridgehead atoms. The summed E-state index contributed by atoms with van der Waals surface area (Å²) in [5.74, 6) is -0.782. The fourth-order valence-corrected chi connectivity index (χ4v) is 2.80. The number of amides is 3. The maximum atomic E-state index is 11.6. The number of carbonyl (C=O) groups excluding carboxylic acids is 3. The molecule has 1 fully saturated rings. The van der Waals surface area contributed by atoms with Crippen molar-refractivity contribution in [2.45, 2.75) is 45.6 Å². The maximum Gasteiger partial charge on any atom is 0.344 e. The second-order valence-corrected chi connectivity index (χ2v) is 6.28. The summed E-state index contributed by atoms with van der Waals surface area (Å²) in [6, 6.07) is 5.16. The summed E-state index contributed by atoms with van der Waals surface area (Å²) >= 11 is 0. The molecule has 2 rings (SSSR count). The molecule has 1 aliphatic carbocycles. The molecule has 136 valence electrons. The monoisotopic (exact) mass is 348 g/mol. The predicted octanol–water partition coefficient (Wildman–Crippen LogP) is 1.99. The van der Waals surface area contributed by atoms with Crippen molar-refractivity contribution in [3.8, 4) is 5.75 Å². The number of hydrogen-bond donors (Lipinski definition) is 2. The van der Waals surface area contributed by atoms with E-state index in [0.29, 0.717) is 5.75 Å². The molecule has 0 radical (unpaired) electrons. The molecule has 0 saturated heterocycles. The molecule has 2 N–H and O–H groups in total. The Labute approximate surface area is 147 Å². The van der Waals surface area contributed by atoms with Crippen LogP contribution in [0, 0.1) is 13.8 Å². The van der Waals surface area contributed by atoms with Crippen LogP contribution in [0.3, 0.4) is 0 Å². The first-order chi connectivity index (χ1) is 11.9. The van der Waals surface area contributed by atoms with Crippen LogP contribution in [0.5, 0.6) is 5.75 Å². The third-order valence-electron chi connectivity index (χ3n) is 3.86. The van der Waals surface area contributed by atoms with Gasteiger partial charge in [0, 0.05) is 6.04 Å². The zero-order valence-electron chi connectivity index (χ0n) is 14.6.